The normalized spacial score (nSPS) is 12.3. The molecule has 0 heterocycles. The molecule has 520 valence electrons. The van der Waals surface area contributed by atoms with E-state index in [2.05, 4.69) is 291 Å². The highest BCUT2D eigenvalue weighted by Gasteiger charge is 2.30. The third-order valence-electron chi connectivity index (χ3n) is 21.5. The monoisotopic (exact) mass is 1340 g/mol. The second kappa shape index (κ2) is 34.0. The summed E-state index contributed by atoms with van der Waals surface area (Å²) in [7, 11) is 0. The van der Waals surface area contributed by atoms with Crippen LogP contribution >= 0.6 is 0 Å². The minimum absolute atomic E-state index is 0.293. The van der Waals surface area contributed by atoms with Gasteiger partial charge in [-0.1, -0.05) is 271 Å². The molecule has 101 heavy (non-hydrogen) atoms. The summed E-state index contributed by atoms with van der Waals surface area (Å²) in [5.41, 5.74) is 36.8. The number of nitrogens with zero attached hydrogens (tertiary/aromatic N) is 2. The maximum absolute atomic E-state index is 18.0. The number of hydrogen-bond acceptors (Lipinski definition) is 4. The van der Waals surface area contributed by atoms with Crippen molar-refractivity contribution < 1.29 is 8.78 Å². The predicted octanol–water partition coefficient (Wildman–Crippen LogP) is 27.3. The molecule has 0 aromatic heterocycles. The molecule has 1 unspecified atom stereocenters. The van der Waals surface area contributed by atoms with Crippen LogP contribution in [0, 0.1) is 17.6 Å². The summed E-state index contributed by atoms with van der Waals surface area (Å²) in [5.74, 6) is -0.322. The Morgan fingerprint density at radius 3 is 0.871 bits per heavy atom. The molecule has 0 aliphatic heterocycles. The van der Waals surface area contributed by atoms with Gasteiger partial charge in [0.25, 0.3) is 0 Å². The second-order valence-corrected chi connectivity index (χ2v) is 28.4. The van der Waals surface area contributed by atoms with Crippen LogP contribution in [-0.4, -0.2) is 0 Å². The van der Waals surface area contributed by atoms with Gasteiger partial charge in [0.15, 0.2) is 0 Å². The molecule has 0 spiro atoms. The minimum Gasteiger partial charge on any atom is -0.321 e. The summed E-state index contributed by atoms with van der Waals surface area (Å²) in [6.07, 6.45) is 16.7. The highest BCUT2D eigenvalue weighted by molar-refractivity contribution is 5.86. The molecule has 4 nitrogen and oxygen atoms in total. The van der Waals surface area contributed by atoms with E-state index in [-0.39, 0.29) is 17.2 Å². The Morgan fingerprint density at radius 1 is 0.297 bits per heavy atom. The van der Waals surface area contributed by atoms with Crippen LogP contribution in [-0.2, 0) is 36.8 Å². The van der Waals surface area contributed by atoms with Crippen molar-refractivity contribution in [2.75, 3.05) is 9.80 Å². The van der Waals surface area contributed by atoms with Crippen LogP contribution in [0.15, 0.2) is 243 Å². The van der Waals surface area contributed by atoms with E-state index in [1.807, 2.05) is 12.1 Å². The third kappa shape index (κ3) is 16.9. The van der Waals surface area contributed by atoms with Crippen molar-refractivity contribution in [1.82, 2.24) is 0 Å². The molecule has 0 radical (unpaired) electrons. The fourth-order valence-electron chi connectivity index (χ4n) is 14.8. The number of aryl methyl sites for hydroxylation is 4. The standard InChI is InChI=1S/C95H106F2N4/c1-10-17-19-21-25-78-64-91(89-62-60-87(66-93(89)97)101(83-53-41-75(42-54-83)71-33-29-69(24-13-4)30-34-71)85-57-45-77(46-58-85)73-37-49-81(50-38-73)95(99,16-7)67(8)9)79(26-22-20-18-11-2)63-90(78)88-61-59-86(65-92(88)96)100(82-51-39-74(40-52-82)70-31-27-68(23-12-3)28-32-70)84-55-43-76(44-56-84)72-35-47-80(48-36-72)94(98,14-5)15-6/h27-67H,10-26,98-99H2,1-9H3. The number of unbranched alkanes of at least 4 members (excludes halogenated alkanes) is 6. The van der Waals surface area contributed by atoms with Crippen molar-refractivity contribution in [3.8, 4) is 66.8 Å². The van der Waals surface area contributed by atoms with E-state index in [9.17, 15) is 0 Å². The van der Waals surface area contributed by atoms with Gasteiger partial charge in [-0.2, -0.15) is 0 Å². The van der Waals surface area contributed by atoms with Gasteiger partial charge in [-0.25, -0.2) is 8.78 Å². The van der Waals surface area contributed by atoms with Gasteiger partial charge in [-0.05, 0) is 238 Å². The average Bonchev–Trinajstić information content (AvgIpc) is 0.773. The van der Waals surface area contributed by atoms with Gasteiger partial charge >= 0.3 is 0 Å². The lowest BCUT2D eigenvalue weighted by atomic mass is 9.78. The number of benzene rings is 11. The fraction of sp³-hybridized carbons (Fsp3) is 0.305. The first kappa shape index (κ1) is 73.0. The maximum Gasteiger partial charge on any atom is 0.133 e. The Kier molecular flexibility index (Phi) is 24.6. The average molecular weight is 1340 g/mol. The summed E-state index contributed by atoms with van der Waals surface area (Å²) >= 11 is 0. The molecule has 6 heteroatoms. The molecular formula is C95H106F2N4. The SMILES string of the molecule is CCCCCCc1cc(-c2ccc(N(c3ccc(-c4ccc(CCC)cc4)cc3)c3ccc(-c4ccc(C(N)(CC)C(C)C)cc4)cc3)cc2F)c(CCCCCC)cc1-c1ccc(N(c2ccc(-c3ccc(CCC)cc3)cc2)c2ccc(-c3ccc(C(N)(CC)CC)cc3)cc2)cc1F. The zero-order valence-electron chi connectivity index (χ0n) is 61.5. The first-order valence-corrected chi connectivity index (χ1v) is 37.9. The van der Waals surface area contributed by atoms with E-state index in [1.165, 1.54) is 11.1 Å². The molecule has 11 aromatic carbocycles. The van der Waals surface area contributed by atoms with E-state index in [4.69, 9.17) is 11.5 Å². The number of hydrogen-bond donors (Lipinski definition) is 2. The van der Waals surface area contributed by atoms with Crippen LogP contribution in [0.5, 0.6) is 0 Å². The lowest BCUT2D eigenvalue weighted by Crippen LogP contribution is -2.41. The van der Waals surface area contributed by atoms with E-state index in [1.54, 1.807) is 12.1 Å². The molecule has 0 saturated heterocycles. The molecule has 0 saturated carbocycles. The van der Waals surface area contributed by atoms with Crippen LogP contribution in [0.1, 0.15) is 179 Å². The van der Waals surface area contributed by atoms with Crippen LogP contribution in [0.2, 0.25) is 0 Å². The van der Waals surface area contributed by atoms with Gasteiger partial charge in [-0.15, -0.1) is 0 Å². The van der Waals surface area contributed by atoms with Crippen molar-refractivity contribution in [3.05, 3.63) is 288 Å². The van der Waals surface area contributed by atoms with Crippen molar-refractivity contribution in [1.29, 1.82) is 0 Å². The highest BCUT2D eigenvalue weighted by atomic mass is 19.1. The second-order valence-electron chi connectivity index (χ2n) is 28.4. The highest BCUT2D eigenvalue weighted by Crippen LogP contribution is 2.45. The van der Waals surface area contributed by atoms with Crippen molar-refractivity contribution in [2.45, 2.75) is 183 Å². The van der Waals surface area contributed by atoms with Crippen molar-refractivity contribution >= 4 is 34.1 Å². The summed E-state index contributed by atoms with van der Waals surface area (Å²) in [5, 5.41) is 0. The van der Waals surface area contributed by atoms with Crippen LogP contribution < -0.4 is 21.3 Å². The molecule has 11 aromatic rings. The molecular weight excluding hydrogens is 1240 g/mol. The topological polar surface area (TPSA) is 58.5 Å². The zero-order valence-corrected chi connectivity index (χ0v) is 61.5. The number of rotatable bonds is 32. The molecule has 4 N–H and O–H groups in total. The van der Waals surface area contributed by atoms with E-state index in [0.717, 1.165) is 210 Å². The first-order valence-electron chi connectivity index (χ1n) is 37.9. The van der Waals surface area contributed by atoms with Gasteiger partial charge in [0.1, 0.15) is 11.6 Å². The van der Waals surface area contributed by atoms with E-state index >= 15 is 8.78 Å². The predicted molar refractivity (Wildman–Crippen MR) is 429 cm³/mol. The molecule has 1 atom stereocenters. The number of nitrogens with two attached hydrogens (primary N) is 2. The van der Waals surface area contributed by atoms with Crippen LogP contribution in [0.4, 0.5) is 42.9 Å². The summed E-state index contributed by atoms with van der Waals surface area (Å²) in [6.45, 7) is 19.7. The maximum atomic E-state index is 18.0. The molecule has 0 amide bonds. The molecule has 11 rings (SSSR count). The molecule has 0 aliphatic rings. The lowest BCUT2D eigenvalue weighted by molar-refractivity contribution is 0.306. The summed E-state index contributed by atoms with van der Waals surface area (Å²) in [6, 6.07) is 85.4. The van der Waals surface area contributed by atoms with Gasteiger partial charge in [0.2, 0.25) is 0 Å². The molecule has 0 bridgehead atoms. The Bertz CT molecular complexity index is 4440. The van der Waals surface area contributed by atoms with Crippen molar-refractivity contribution in [3.63, 3.8) is 0 Å². The number of anilines is 6. The molecule has 0 aliphatic carbocycles. The van der Waals surface area contributed by atoms with Gasteiger partial charge in [-0.3, -0.25) is 0 Å². The Hall–Kier alpha value is -9.20. The first-order chi connectivity index (χ1) is 49.1. The molecule has 0 fully saturated rings. The summed E-state index contributed by atoms with van der Waals surface area (Å²) in [4.78, 5) is 4.31. The van der Waals surface area contributed by atoms with E-state index < -0.39 is 5.54 Å². The van der Waals surface area contributed by atoms with Crippen molar-refractivity contribution in [2.24, 2.45) is 17.4 Å². The smallest absolute Gasteiger partial charge is 0.133 e. The minimum atomic E-state index is -0.402. The zero-order chi connectivity index (χ0) is 71.0. The third-order valence-corrected chi connectivity index (χ3v) is 21.5. The van der Waals surface area contributed by atoms with Crippen LogP contribution in [0.3, 0.4) is 0 Å². The largest absolute Gasteiger partial charge is 0.321 e. The number of halogens is 2. The van der Waals surface area contributed by atoms with Crippen LogP contribution in [0.25, 0.3) is 66.8 Å². The van der Waals surface area contributed by atoms with Gasteiger partial charge < -0.3 is 21.3 Å². The quantitative estimate of drug-likeness (QED) is 0.0413. The Labute approximate surface area is 603 Å². The van der Waals surface area contributed by atoms with Gasteiger partial charge in [0, 0.05) is 56.3 Å². The lowest BCUT2D eigenvalue weighted by Gasteiger charge is -2.33. The van der Waals surface area contributed by atoms with E-state index in [0.29, 0.717) is 28.4 Å². The fourth-order valence-corrected chi connectivity index (χ4v) is 14.8. The van der Waals surface area contributed by atoms with Gasteiger partial charge in [0.05, 0.1) is 0 Å². The Morgan fingerprint density at radius 2 is 0.594 bits per heavy atom. The Balaban J connectivity index is 0.974. The summed E-state index contributed by atoms with van der Waals surface area (Å²) < 4.78 is 36.0.